The number of rotatable bonds is 0. The Hall–Kier alpha value is 1.36. The van der Waals surface area contributed by atoms with Crippen molar-refractivity contribution >= 4 is 24.2 Å². The third kappa shape index (κ3) is 198. The third-order valence-corrected chi connectivity index (χ3v) is 0.556. The summed E-state index contributed by atoms with van der Waals surface area (Å²) in [6.07, 6.45) is 10.0. The quantitative estimate of drug-likeness (QED) is 0.354. The van der Waals surface area contributed by atoms with Gasteiger partial charge in [-0.15, -0.1) is 24.2 Å². The molecule has 1 fully saturated rings. The van der Waals surface area contributed by atoms with Crippen molar-refractivity contribution < 1.29 is 21.7 Å². The minimum absolute atomic E-state index is 0. The monoisotopic (exact) mass is 374 g/mol. The van der Waals surface area contributed by atoms with Gasteiger partial charge in [0.15, 0.2) is 0 Å². The minimum atomic E-state index is -0.861. The van der Waals surface area contributed by atoms with Crippen LogP contribution in [0.5, 0.6) is 0 Å². The Morgan fingerprint density at radius 2 is 0.476 bits per heavy atom. The maximum atomic E-state index is 3.91. The molecule has 0 saturated heterocycles. The summed E-state index contributed by atoms with van der Waals surface area (Å²) in [6, 6.07) is 0. The molecular formula is C17H38Si3Ti+. The minimum Gasteiger partial charge on any atom is -0.342 e. The van der Waals surface area contributed by atoms with Crippen molar-refractivity contribution in [3.8, 4) is 0 Å². The van der Waals surface area contributed by atoms with Crippen LogP contribution >= 0.6 is 0 Å². The van der Waals surface area contributed by atoms with Gasteiger partial charge in [-0.2, -0.15) is 0 Å². The van der Waals surface area contributed by atoms with Crippen molar-refractivity contribution in [2.24, 2.45) is 0 Å². The smallest absolute Gasteiger partial charge is 0.342 e. The van der Waals surface area contributed by atoms with Crippen LogP contribution in [0, 0.1) is 51.7 Å². The molecule has 5 radical (unpaired) electrons. The van der Waals surface area contributed by atoms with Gasteiger partial charge in [0.05, 0.1) is 0 Å². The molecule has 1 rings (SSSR count). The maximum Gasteiger partial charge on any atom is 4.00 e. The summed E-state index contributed by atoms with van der Waals surface area (Å²) < 4.78 is 0. The molecule has 0 aliphatic heterocycles. The second kappa shape index (κ2) is 14.9. The van der Waals surface area contributed by atoms with Gasteiger partial charge in [0.25, 0.3) is 0 Å². The molecule has 0 aromatic carbocycles. The van der Waals surface area contributed by atoms with E-state index in [0.717, 1.165) is 0 Å². The van der Waals surface area contributed by atoms with Gasteiger partial charge in [-0.1, -0.05) is 58.9 Å². The van der Waals surface area contributed by atoms with Crippen LogP contribution in [0.15, 0.2) is 0 Å². The number of hydrogen-bond donors (Lipinski definition) is 0. The SMILES string of the molecule is [CH2-][Si](C)(C)C.[CH2-][Si](C)(C)C.[CH2-][Si](C)(C)C.[CH]1[CH][CH][CH][CH]1.[Ti+4]. The fourth-order valence-corrected chi connectivity index (χ4v) is 0.321. The van der Waals surface area contributed by atoms with Gasteiger partial charge in [-0.3, -0.25) is 0 Å². The molecule has 0 aromatic rings. The Balaban J connectivity index is -0.0000000903. The summed E-state index contributed by atoms with van der Waals surface area (Å²) in [6.45, 7) is 31.7. The van der Waals surface area contributed by atoms with E-state index in [-0.39, 0.29) is 21.7 Å². The molecule has 0 nitrogen and oxygen atoms in total. The van der Waals surface area contributed by atoms with Crippen molar-refractivity contribution in [3.63, 3.8) is 0 Å². The molecule has 0 unspecified atom stereocenters. The van der Waals surface area contributed by atoms with E-state index in [4.69, 9.17) is 0 Å². The van der Waals surface area contributed by atoms with Gasteiger partial charge in [-0.05, 0) is 32.1 Å². The van der Waals surface area contributed by atoms with Crippen LogP contribution in [0.4, 0.5) is 0 Å². The van der Waals surface area contributed by atoms with Crippen molar-refractivity contribution in [2.45, 2.75) is 58.9 Å². The van der Waals surface area contributed by atoms with Crippen molar-refractivity contribution in [2.75, 3.05) is 0 Å². The summed E-state index contributed by atoms with van der Waals surface area (Å²) in [4.78, 5) is 0. The summed E-state index contributed by atoms with van der Waals surface area (Å²) in [5, 5.41) is 0. The molecule has 4 heteroatoms. The first-order valence-corrected chi connectivity index (χ1v) is 18.3. The van der Waals surface area contributed by atoms with E-state index in [2.05, 4.69) is 78.6 Å². The predicted octanol–water partition coefficient (Wildman–Crippen LogP) is 6.11. The average Bonchev–Trinajstić information content (AvgIpc) is 2.45. The molecule has 0 bridgehead atoms. The largest absolute Gasteiger partial charge is 4.00 e. The van der Waals surface area contributed by atoms with Crippen LogP contribution in [-0.2, 0) is 21.7 Å². The molecule has 121 valence electrons. The molecule has 0 heterocycles. The summed E-state index contributed by atoms with van der Waals surface area (Å²) in [5.74, 6) is 0. The number of hydrogen-bond acceptors (Lipinski definition) is 0. The topological polar surface area (TPSA) is 0 Å². The van der Waals surface area contributed by atoms with E-state index >= 15 is 0 Å². The van der Waals surface area contributed by atoms with Crippen molar-refractivity contribution in [1.29, 1.82) is 0 Å². The Morgan fingerprint density at radius 1 is 0.429 bits per heavy atom. The Kier molecular flexibility index (Phi) is 21.5. The van der Waals surface area contributed by atoms with Crippen molar-refractivity contribution in [3.05, 3.63) is 51.7 Å². The Bertz CT molecular complexity index is 139. The first kappa shape index (κ1) is 30.3. The van der Waals surface area contributed by atoms with Crippen LogP contribution < -0.4 is 0 Å². The Morgan fingerprint density at radius 3 is 0.524 bits per heavy atom. The van der Waals surface area contributed by atoms with E-state index in [1.54, 1.807) is 0 Å². The average molecular weight is 375 g/mol. The maximum absolute atomic E-state index is 3.91. The van der Waals surface area contributed by atoms with Crippen LogP contribution in [0.2, 0.25) is 58.9 Å². The van der Waals surface area contributed by atoms with Crippen LogP contribution in [-0.4, -0.2) is 24.2 Å². The molecule has 0 aromatic heterocycles. The van der Waals surface area contributed by atoms with E-state index in [9.17, 15) is 0 Å². The van der Waals surface area contributed by atoms with Gasteiger partial charge in [0, 0.05) is 0 Å². The van der Waals surface area contributed by atoms with Gasteiger partial charge in [-0.25, -0.2) is 0 Å². The summed E-state index contributed by atoms with van der Waals surface area (Å²) in [5.41, 5.74) is 0. The first-order chi connectivity index (χ1) is 8.50. The second-order valence-corrected chi connectivity index (χ2v) is 24.0. The van der Waals surface area contributed by atoms with Crippen LogP contribution in [0.1, 0.15) is 0 Å². The molecule has 0 amide bonds. The molecular weight excluding hydrogens is 336 g/mol. The van der Waals surface area contributed by atoms with Gasteiger partial charge in [0.2, 0.25) is 0 Å². The Labute approximate surface area is 156 Å². The fourth-order valence-electron chi connectivity index (χ4n) is 0.321. The third-order valence-electron chi connectivity index (χ3n) is 0.556. The van der Waals surface area contributed by atoms with E-state index in [1.165, 1.54) is 0 Å². The summed E-state index contributed by atoms with van der Waals surface area (Å²) >= 11 is 0. The van der Waals surface area contributed by atoms with Crippen LogP contribution in [0.25, 0.3) is 0 Å². The summed E-state index contributed by atoms with van der Waals surface area (Å²) in [7, 11) is -2.58. The van der Waals surface area contributed by atoms with E-state index in [1.807, 2.05) is 32.1 Å². The second-order valence-electron chi connectivity index (χ2n) is 8.64. The molecule has 1 aliphatic rings. The van der Waals surface area contributed by atoms with Crippen molar-refractivity contribution in [1.82, 2.24) is 0 Å². The fraction of sp³-hybridized carbons (Fsp3) is 0.529. The molecule has 0 N–H and O–H groups in total. The molecule has 1 saturated carbocycles. The normalized spacial score (nSPS) is 14.3. The zero-order valence-electron chi connectivity index (χ0n) is 16.0. The van der Waals surface area contributed by atoms with Gasteiger partial charge < -0.3 is 19.6 Å². The molecule has 0 atom stereocenters. The predicted molar refractivity (Wildman–Crippen MR) is 108 cm³/mol. The molecule has 21 heavy (non-hydrogen) atoms. The van der Waals surface area contributed by atoms with Crippen LogP contribution in [0.3, 0.4) is 0 Å². The van der Waals surface area contributed by atoms with Gasteiger partial charge >= 0.3 is 21.7 Å². The van der Waals surface area contributed by atoms with E-state index in [0.29, 0.717) is 0 Å². The standard InChI is InChI=1S/C5H5.3C4H11Si.Ti/c1-2-4-5-3-1;3*1-5(2,3)4;/h1-5H;3*1H2,2-4H3;/q;3*-1;+4. The molecule has 1 aliphatic carbocycles. The van der Waals surface area contributed by atoms with Gasteiger partial charge in [0.1, 0.15) is 0 Å². The first-order valence-electron chi connectivity index (χ1n) is 7.23. The van der Waals surface area contributed by atoms with E-state index < -0.39 is 24.2 Å². The molecule has 0 spiro atoms. The zero-order valence-corrected chi connectivity index (χ0v) is 20.6. The zero-order chi connectivity index (χ0) is 17.0.